The number of halogens is 3. The maximum atomic E-state index is 12.6. The standard InChI is InChI=1S/C18H25F3N4O/c1-22-16(26)11-13-7-9-25(10-8-13)17(23-2)24-12-14-3-5-15(6-4-14)18(19,20)21/h3-6,13H,7-12H2,1-2H3,(H,22,26)(H,23,24). The highest BCUT2D eigenvalue weighted by Crippen LogP contribution is 2.29. The van der Waals surface area contributed by atoms with Crippen LogP contribution in [0.4, 0.5) is 13.2 Å². The van der Waals surface area contributed by atoms with Crippen LogP contribution in [0.1, 0.15) is 30.4 Å². The lowest BCUT2D eigenvalue weighted by Gasteiger charge is -2.34. The number of guanidine groups is 1. The molecule has 0 saturated carbocycles. The molecule has 0 bridgehead atoms. The molecule has 0 aromatic heterocycles. The molecule has 144 valence electrons. The van der Waals surface area contributed by atoms with E-state index < -0.39 is 11.7 Å². The van der Waals surface area contributed by atoms with Gasteiger partial charge in [0.05, 0.1) is 5.56 Å². The van der Waals surface area contributed by atoms with Crippen LogP contribution in [0, 0.1) is 5.92 Å². The molecule has 1 aliphatic rings. The van der Waals surface area contributed by atoms with Gasteiger partial charge >= 0.3 is 6.18 Å². The summed E-state index contributed by atoms with van der Waals surface area (Å²) in [6.07, 6.45) is -1.95. The van der Waals surface area contributed by atoms with Gasteiger partial charge in [0.1, 0.15) is 0 Å². The maximum absolute atomic E-state index is 12.6. The van der Waals surface area contributed by atoms with Gasteiger partial charge in [-0.05, 0) is 36.5 Å². The zero-order chi connectivity index (χ0) is 19.2. The third kappa shape index (κ3) is 5.64. The van der Waals surface area contributed by atoms with E-state index in [0.717, 1.165) is 49.6 Å². The highest BCUT2D eigenvalue weighted by atomic mass is 19.4. The van der Waals surface area contributed by atoms with Crippen LogP contribution < -0.4 is 10.6 Å². The predicted octanol–water partition coefficient (Wildman–Crippen LogP) is 2.63. The minimum absolute atomic E-state index is 0.0632. The Morgan fingerprint density at radius 2 is 1.85 bits per heavy atom. The predicted molar refractivity (Wildman–Crippen MR) is 94.6 cm³/mol. The van der Waals surface area contributed by atoms with Gasteiger partial charge in [-0.2, -0.15) is 13.2 Å². The fraction of sp³-hybridized carbons (Fsp3) is 0.556. The summed E-state index contributed by atoms with van der Waals surface area (Å²) < 4.78 is 37.8. The van der Waals surface area contributed by atoms with Crippen molar-refractivity contribution in [3.63, 3.8) is 0 Å². The minimum Gasteiger partial charge on any atom is -0.359 e. The summed E-state index contributed by atoms with van der Waals surface area (Å²) in [4.78, 5) is 17.8. The molecule has 0 unspecified atom stereocenters. The first kappa shape index (κ1) is 20.1. The van der Waals surface area contributed by atoms with Crippen molar-refractivity contribution >= 4 is 11.9 Å². The molecule has 1 aliphatic heterocycles. The highest BCUT2D eigenvalue weighted by Gasteiger charge is 2.30. The number of nitrogens with zero attached hydrogens (tertiary/aromatic N) is 2. The lowest BCUT2D eigenvalue weighted by molar-refractivity contribution is -0.137. The number of benzene rings is 1. The van der Waals surface area contributed by atoms with E-state index in [4.69, 9.17) is 0 Å². The SMILES string of the molecule is CN=C(NCc1ccc(C(F)(F)F)cc1)N1CCC(CC(=O)NC)CC1. The van der Waals surface area contributed by atoms with Gasteiger partial charge in [-0.25, -0.2) is 0 Å². The molecule has 0 aliphatic carbocycles. The molecule has 0 atom stereocenters. The quantitative estimate of drug-likeness (QED) is 0.633. The van der Waals surface area contributed by atoms with Gasteiger partial charge < -0.3 is 15.5 Å². The molecule has 0 radical (unpaired) electrons. The normalized spacial score (nSPS) is 16.5. The summed E-state index contributed by atoms with van der Waals surface area (Å²) in [5, 5.41) is 5.85. The van der Waals surface area contributed by atoms with E-state index in [1.165, 1.54) is 12.1 Å². The van der Waals surface area contributed by atoms with Crippen LogP contribution in [0.3, 0.4) is 0 Å². The average molecular weight is 370 g/mol. The number of likely N-dealkylation sites (tertiary alicyclic amines) is 1. The van der Waals surface area contributed by atoms with Crippen molar-refractivity contribution in [2.45, 2.75) is 32.0 Å². The number of hydrogen-bond acceptors (Lipinski definition) is 2. The van der Waals surface area contributed by atoms with Crippen LogP contribution in [-0.4, -0.2) is 44.0 Å². The molecule has 5 nitrogen and oxygen atoms in total. The van der Waals surface area contributed by atoms with Gasteiger partial charge in [0.25, 0.3) is 0 Å². The molecule has 2 N–H and O–H groups in total. The molecular weight excluding hydrogens is 345 g/mol. The van der Waals surface area contributed by atoms with Crippen molar-refractivity contribution in [2.24, 2.45) is 10.9 Å². The van der Waals surface area contributed by atoms with E-state index in [2.05, 4.69) is 20.5 Å². The fourth-order valence-corrected chi connectivity index (χ4v) is 3.04. The van der Waals surface area contributed by atoms with Gasteiger partial charge in [0.15, 0.2) is 5.96 Å². The number of carbonyl (C=O) groups excluding carboxylic acids is 1. The van der Waals surface area contributed by atoms with E-state index in [0.29, 0.717) is 18.9 Å². The Hall–Kier alpha value is -2.25. The molecule has 0 spiro atoms. The van der Waals surface area contributed by atoms with Crippen LogP contribution >= 0.6 is 0 Å². The van der Waals surface area contributed by atoms with Crippen molar-refractivity contribution in [3.8, 4) is 0 Å². The molecular formula is C18H25F3N4O. The molecule has 1 amide bonds. The number of piperidine rings is 1. The first-order valence-electron chi connectivity index (χ1n) is 8.65. The van der Waals surface area contributed by atoms with Crippen LogP contribution in [-0.2, 0) is 17.5 Å². The van der Waals surface area contributed by atoms with Gasteiger partial charge in [-0.3, -0.25) is 9.79 Å². The Bertz CT molecular complexity index is 620. The summed E-state index contributed by atoms with van der Waals surface area (Å²) in [6, 6.07) is 5.12. The van der Waals surface area contributed by atoms with Crippen molar-refractivity contribution in [1.82, 2.24) is 15.5 Å². The monoisotopic (exact) mass is 370 g/mol. The summed E-state index contributed by atoms with van der Waals surface area (Å²) in [5.41, 5.74) is 0.109. The van der Waals surface area contributed by atoms with Crippen LogP contribution in [0.25, 0.3) is 0 Å². The summed E-state index contributed by atoms with van der Waals surface area (Å²) in [6.45, 7) is 2.01. The maximum Gasteiger partial charge on any atom is 0.416 e. The Labute approximate surface area is 151 Å². The summed E-state index contributed by atoms with van der Waals surface area (Å²) in [5.74, 6) is 1.16. The largest absolute Gasteiger partial charge is 0.416 e. The van der Waals surface area contributed by atoms with Gasteiger partial charge in [0, 0.05) is 40.2 Å². The Balaban J connectivity index is 1.84. The topological polar surface area (TPSA) is 56.7 Å². The molecule has 1 saturated heterocycles. The molecule has 1 fully saturated rings. The second-order valence-corrected chi connectivity index (χ2v) is 6.40. The first-order chi connectivity index (χ1) is 12.3. The Morgan fingerprint density at radius 1 is 1.23 bits per heavy atom. The number of hydrogen-bond donors (Lipinski definition) is 2. The minimum atomic E-state index is -4.32. The van der Waals surface area contributed by atoms with Crippen molar-refractivity contribution in [1.29, 1.82) is 0 Å². The second kappa shape index (κ2) is 8.91. The van der Waals surface area contributed by atoms with Gasteiger partial charge in [0.2, 0.25) is 5.91 Å². The number of aliphatic imine (C=N–C) groups is 1. The first-order valence-corrected chi connectivity index (χ1v) is 8.65. The third-order valence-electron chi connectivity index (χ3n) is 4.61. The van der Waals surface area contributed by atoms with Crippen molar-refractivity contribution in [2.75, 3.05) is 27.2 Å². The molecule has 2 rings (SSSR count). The molecule has 8 heteroatoms. The average Bonchev–Trinajstić information content (AvgIpc) is 2.63. The third-order valence-corrected chi connectivity index (χ3v) is 4.61. The van der Waals surface area contributed by atoms with Crippen LogP contribution in [0.5, 0.6) is 0 Å². The van der Waals surface area contributed by atoms with Crippen LogP contribution in [0.2, 0.25) is 0 Å². The number of nitrogens with one attached hydrogen (secondary N) is 2. The van der Waals surface area contributed by atoms with Gasteiger partial charge in [-0.15, -0.1) is 0 Å². The Morgan fingerprint density at radius 3 is 2.35 bits per heavy atom. The molecule has 26 heavy (non-hydrogen) atoms. The molecule has 1 heterocycles. The summed E-state index contributed by atoms with van der Waals surface area (Å²) in [7, 11) is 3.33. The second-order valence-electron chi connectivity index (χ2n) is 6.40. The van der Waals surface area contributed by atoms with E-state index in [1.54, 1.807) is 14.1 Å². The zero-order valence-corrected chi connectivity index (χ0v) is 15.1. The van der Waals surface area contributed by atoms with E-state index in [1.807, 2.05) is 0 Å². The number of rotatable bonds is 4. The molecule has 1 aromatic rings. The van der Waals surface area contributed by atoms with Crippen LogP contribution in [0.15, 0.2) is 29.3 Å². The van der Waals surface area contributed by atoms with Crippen molar-refractivity contribution < 1.29 is 18.0 Å². The number of carbonyl (C=O) groups is 1. The zero-order valence-electron chi connectivity index (χ0n) is 15.1. The smallest absolute Gasteiger partial charge is 0.359 e. The van der Waals surface area contributed by atoms with E-state index in [-0.39, 0.29) is 5.91 Å². The van der Waals surface area contributed by atoms with E-state index >= 15 is 0 Å². The summed E-state index contributed by atoms with van der Waals surface area (Å²) >= 11 is 0. The van der Waals surface area contributed by atoms with E-state index in [9.17, 15) is 18.0 Å². The number of amides is 1. The number of alkyl halides is 3. The lowest BCUT2D eigenvalue weighted by atomic mass is 9.93. The van der Waals surface area contributed by atoms with Gasteiger partial charge in [-0.1, -0.05) is 12.1 Å². The van der Waals surface area contributed by atoms with Crippen molar-refractivity contribution in [3.05, 3.63) is 35.4 Å². The fourth-order valence-electron chi connectivity index (χ4n) is 3.04. The molecule has 1 aromatic carbocycles. The highest BCUT2D eigenvalue weighted by molar-refractivity contribution is 5.80. The lowest BCUT2D eigenvalue weighted by Crippen LogP contribution is -2.45. The Kier molecular flexibility index (Phi) is 6.88.